The van der Waals surface area contributed by atoms with E-state index >= 15 is 0 Å². The van der Waals surface area contributed by atoms with E-state index in [9.17, 15) is 5.11 Å². The molecule has 2 aromatic heterocycles. The molecule has 0 bridgehead atoms. The number of anilines is 2. The Kier molecular flexibility index (Phi) is 7.78. The molecule has 200 valence electrons. The molecule has 0 unspecified atom stereocenters. The van der Waals surface area contributed by atoms with Crippen molar-refractivity contribution in [2.24, 2.45) is 5.41 Å². The summed E-state index contributed by atoms with van der Waals surface area (Å²) in [5.74, 6) is 1.68. The standard InChI is InChI=1S/C27H39N7O3/c1-3-4-21(7-10-35)30-25-24-22(31-26(28)32-25)14-29-34(24)16-20-6-5-19(13-23(20)36-2)15-33-17-27(18-33)8-11-37-12-9-27/h5-6,13-14,21,35H,3-4,7-12,15-18H2,1-2H3,(H3,28,30,31,32)/t21-/m0/s1. The van der Waals surface area contributed by atoms with Crippen molar-refractivity contribution in [1.82, 2.24) is 24.6 Å². The van der Waals surface area contributed by atoms with Crippen LogP contribution in [-0.4, -0.2) is 75.8 Å². The summed E-state index contributed by atoms with van der Waals surface area (Å²) in [4.78, 5) is 11.4. The topological polar surface area (TPSA) is 124 Å². The lowest BCUT2D eigenvalue weighted by molar-refractivity contribution is -0.0839. The molecule has 0 aliphatic carbocycles. The second kappa shape index (κ2) is 11.2. The number of nitrogen functional groups attached to an aromatic ring is 1. The summed E-state index contributed by atoms with van der Waals surface area (Å²) < 4.78 is 13.2. The molecule has 10 heteroatoms. The van der Waals surface area contributed by atoms with Gasteiger partial charge in [-0.3, -0.25) is 9.58 Å². The summed E-state index contributed by atoms with van der Waals surface area (Å²) in [6, 6.07) is 6.54. The largest absolute Gasteiger partial charge is 0.496 e. The van der Waals surface area contributed by atoms with Crippen molar-refractivity contribution in [1.29, 1.82) is 0 Å². The molecule has 1 aromatic carbocycles. The van der Waals surface area contributed by atoms with Crippen LogP contribution in [0, 0.1) is 5.41 Å². The van der Waals surface area contributed by atoms with Crippen LogP contribution in [0.25, 0.3) is 11.0 Å². The second-order valence-electron chi connectivity index (χ2n) is 10.5. The van der Waals surface area contributed by atoms with Crippen molar-refractivity contribution in [2.75, 3.05) is 51.1 Å². The number of nitrogens with one attached hydrogen (secondary N) is 1. The average molecular weight is 510 g/mol. The molecule has 0 amide bonds. The van der Waals surface area contributed by atoms with Gasteiger partial charge in [-0.05, 0) is 37.3 Å². The van der Waals surface area contributed by atoms with Crippen molar-refractivity contribution in [3.05, 3.63) is 35.5 Å². The first-order valence-corrected chi connectivity index (χ1v) is 13.3. The van der Waals surface area contributed by atoms with E-state index in [2.05, 4.69) is 50.4 Å². The third kappa shape index (κ3) is 5.66. The molecule has 4 heterocycles. The molecule has 2 fully saturated rings. The lowest BCUT2D eigenvalue weighted by atomic mass is 9.73. The van der Waals surface area contributed by atoms with Gasteiger partial charge in [-0.25, -0.2) is 4.98 Å². The Morgan fingerprint density at radius 2 is 2.00 bits per heavy atom. The van der Waals surface area contributed by atoms with Gasteiger partial charge in [-0.15, -0.1) is 0 Å². The van der Waals surface area contributed by atoms with Crippen LogP contribution in [0.2, 0.25) is 0 Å². The minimum Gasteiger partial charge on any atom is -0.496 e. The Bertz CT molecular complexity index is 1190. The number of benzene rings is 1. The fourth-order valence-corrected chi connectivity index (χ4v) is 5.80. The number of nitrogens with two attached hydrogens (primary N) is 1. The number of aliphatic hydroxyl groups excluding tert-OH is 1. The highest BCUT2D eigenvalue weighted by atomic mass is 16.5. The fraction of sp³-hybridized carbons (Fsp3) is 0.593. The summed E-state index contributed by atoms with van der Waals surface area (Å²) in [6.45, 7) is 7.76. The number of aromatic nitrogens is 4. The number of hydrogen-bond acceptors (Lipinski definition) is 9. The Balaban J connectivity index is 1.33. The smallest absolute Gasteiger partial charge is 0.222 e. The monoisotopic (exact) mass is 509 g/mol. The predicted molar refractivity (Wildman–Crippen MR) is 144 cm³/mol. The van der Waals surface area contributed by atoms with Crippen LogP contribution >= 0.6 is 0 Å². The van der Waals surface area contributed by atoms with E-state index in [1.807, 2.05) is 4.68 Å². The molecule has 37 heavy (non-hydrogen) atoms. The Morgan fingerprint density at radius 1 is 1.19 bits per heavy atom. The van der Waals surface area contributed by atoms with Crippen LogP contribution < -0.4 is 15.8 Å². The molecule has 2 saturated heterocycles. The lowest BCUT2D eigenvalue weighted by Crippen LogP contribution is -2.57. The molecule has 1 atom stereocenters. The zero-order chi connectivity index (χ0) is 25.8. The van der Waals surface area contributed by atoms with Gasteiger partial charge in [0.2, 0.25) is 5.95 Å². The number of fused-ring (bicyclic) bond motifs is 1. The van der Waals surface area contributed by atoms with Gasteiger partial charge in [0.15, 0.2) is 5.82 Å². The van der Waals surface area contributed by atoms with Crippen LogP contribution in [0.3, 0.4) is 0 Å². The second-order valence-corrected chi connectivity index (χ2v) is 10.5. The van der Waals surface area contributed by atoms with Crippen molar-refractivity contribution in [3.8, 4) is 5.75 Å². The van der Waals surface area contributed by atoms with E-state index in [0.717, 1.165) is 62.5 Å². The van der Waals surface area contributed by atoms with Crippen LogP contribution in [-0.2, 0) is 17.8 Å². The zero-order valence-electron chi connectivity index (χ0n) is 21.9. The van der Waals surface area contributed by atoms with Crippen molar-refractivity contribution < 1.29 is 14.6 Å². The van der Waals surface area contributed by atoms with Gasteiger partial charge in [-0.1, -0.05) is 25.5 Å². The lowest BCUT2D eigenvalue weighted by Gasteiger charge is -2.52. The highest BCUT2D eigenvalue weighted by Gasteiger charge is 2.43. The van der Waals surface area contributed by atoms with Crippen molar-refractivity contribution in [2.45, 2.75) is 58.2 Å². The summed E-state index contributed by atoms with van der Waals surface area (Å²) in [6.07, 6.45) is 6.62. The number of hydrogen-bond donors (Lipinski definition) is 3. The molecular formula is C27H39N7O3. The average Bonchev–Trinajstić information content (AvgIpc) is 3.27. The van der Waals surface area contributed by atoms with Crippen molar-refractivity contribution in [3.63, 3.8) is 0 Å². The van der Waals surface area contributed by atoms with E-state index in [-0.39, 0.29) is 18.6 Å². The number of ether oxygens (including phenoxy) is 2. The Hall–Kier alpha value is -2.95. The van der Waals surface area contributed by atoms with Gasteiger partial charge >= 0.3 is 0 Å². The normalized spacial score (nSPS) is 18.1. The quantitative estimate of drug-likeness (QED) is 0.358. The minimum absolute atomic E-state index is 0.0893. The van der Waals surface area contributed by atoms with E-state index < -0.39 is 0 Å². The molecule has 0 radical (unpaired) electrons. The van der Waals surface area contributed by atoms with E-state index in [0.29, 0.717) is 29.7 Å². The van der Waals surface area contributed by atoms with Crippen molar-refractivity contribution >= 4 is 22.8 Å². The maximum Gasteiger partial charge on any atom is 0.222 e. The highest BCUT2D eigenvalue weighted by molar-refractivity contribution is 5.86. The summed E-state index contributed by atoms with van der Waals surface area (Å²) in [7, 11) is 1.71. The number of nitrogens with zero attached hydrogens (tertiary/aromatic N) is 5. The Morgan fingerprint density at radius 3 is 2.73 bits per heavy atom. The van der Waals surface area contributed by atoms with Crippen LogP contribution in [0.15, 0.2) is 24.4 Å². The van der Waals surface area contributed by atoms with Gasteiger partial charge in [0, 0.05) is 56.5 Å². The maximum atomic E-state index is 9.50. The minimum atomic E-state index is 0.0893. The molecule has 4 N–H and O–H groups in total. The van der Waals surface area contributed by atoms with E-state index in [1.54, 1.807) is 13.3 Å². The van der Waals surface area contributed by atoms with Gasteiger partial charge in [0.1, 0.15) is 16.8 Å². The molecular weight excluding hydrogens is 470 g/mol. The van der Waals surface area contributed by atoms with Gasteiger partial charge in [-0.2, -0.15) is 10.1 Å². The number of rotatable bonds is 11. The molecule has 2 aliphatic heterocycles. The number of aliphatic hydroxyl groups is 1. The van der Waals surface area contributed by atoms with Gasteiger partial charge < -0.3 is 25.6 Å². The van der Waals surface area contributed by atoms with Gasteiger partial charge in [0.25, 0.3) is 0 Å². The Labute approximate surface area is 218 Å². The molecule has 0 saturated carbocycles. The van der Waals surface area contributed by atoms with E-state index in [4.69, 9.17) is 15.2 Å². The summed E-state index contributed by atoms with van der Waals surface area (Å²) >= 11 is 0. The predicted octanol–water partition coefficient (Wildman–Crippen LogP) is 3.04. The summed E-state index contributed by atoms with van der Waals surface area (Å²) in [5, 5.41) is 17.6. The third-order valence-electron chi connectivity index (χ3n) is 7.71. The number of likely N-dealkylation sites (tertiary alicyclic amines) is 1. The molecule has 1 spiro atoms. The van der Waals surface area contributed by atoms with Crippen LogP contribution in [0.5, 0.6) is 5.75 Å². The van der Waals surface area contributed by atoms with Crippen LogP contribution in [0.1, 0.15) is 50.2 Å². The first-order chi connectivity index (χ1) is 18.0. The molecule has 5 rings (SSSR count). The highest BCUT2D eigenvalue weighted by Crippen LogP contribution is 2.40. The molecule has 10 nitrogen and oxygen atoms in total. The molecule has 2 aliphatic rings. The fourth-order valence-electron chi connectivity index (χ4n) is 5.80. The zero-order valence-corrected chi connectivity index (χ0v) is 21.9. The third-order valence-corrected chi connectivity index (χ3v) is 7.71. The van der Waals surface area contributed by atoms with Gasteiger partial charge in [0.05, 0.1) is 19.9 Å². The SMILES string of the molecule is CCC[C@@H](CCO)Nc1nc(N)nc2cnn(Cc3ccc(CN4CC5(CCOCC5)C4)cc3OC)c12. The maximum absolute atomic E-state index is 9.50. The number of methoxy groups -OCH3 is 1. The summed E-state index contributed by atoms with van der Waals surface area (Å²) in [5.41, 5.74) is 10.2. The first kappa shape index (κ1) is 25.7. The molecule has 3 aromatic rings. The van der Waals surface area contributed by atoms with E-state index in [1.165, 1.54) is 18.4 Å². The van der Waals surface area contributed by atoms with Crippen LogP contribution in [0.4, 0.5) is 11.8 Å². The first-order valence-electron chi connectivity index (χ1n) is 13.3.